The van der Waals surface area contributed by atoms with E-state index in [0.717, 1.165) is 5.56 Å². The lowest BCUT2D eigenvalue weighted by Crippen LogP contribution is -2.16. The van der Waals surface area contributed by atoms with Gasteiger partial charge >= 0.3 is 0 Å². The van der Waals surface area contributed by atoms with Gasteiger partial charge in [0.15, 0.2) is 0 Å². The number of nitrogens with zero attached hydrogens (tertiary/aromatic N) is 2. The molecule has 0 unspecified atom stereocenters. The van der Waals surface area contributed by atoms with Gasteiger partial charge in [0.2, 0.25) is 5.95 Å². The van der Waals surface area contributed by atoms with Crippen molar-refractivity contribution in [1.82, 2.24) is 9.97 Å². The second-order valence-corrected chi connectivity index (χ2v) is 6.32. The lowest BCUT2D eigenvalue weighted by atomic mass is 10.2. The lowest BCUT2D eigenvalue weighted by molar-refractivity contribution is 0.102. The Morgan fingerprint density at radius 2 is 1.78 bits per heavy atom. The highest BCUT2D eigenvalue weighted by Gasteiger charge is 2.14. The number of hydrogen-bond acceptors (Lipinski definition) is 5. The summed E-state index contributed by atoms with van der Waals surface area (Å²) in [6, 6.07) is 14.4. The van der Waals surface area contributed by atoms with E-state index in [1.807, 2.05) is 31.2 Å². The van der Waals surface area contributed by atoms with E-state index in [4.69, 9.17) is 16.3 Å². The van der Waals surface area contributed by atoms with Crippen molar-refractivity contribution < 1.29 is 9.53 Å². The van der Waals surface area contributed by atoms with Gasteiger partial charge in [0.25, 0.3) is 5.91 Å². The van der Waals surface area contributed by atoms with E-state index in [-0.39, 0.29) is 11.6 Å². The summed E-state index contributed by atoms with van der Waals surface area (Å²) in [4.78, 5) is 21.3. The van der Waals surface area contributed by atoms with Gasteiger partial charge in [-0.2, -0.15) is 0 Å². The molecule has 6 nitrogen and oxygen atoms in total. The number of carbonyl (C=O) groups excluding carboxylic acids is 1. The predicted molar refractivity (Wildman–Crippen MR) is 107 cm³/mol. The summed E-state index contributed by atoms with van der Waals surface area (Å²) in [6.45, 7) is 3.65. The minimum Gasteiger partial charge on any atom is -0.495 e. The van der Waals surface area contributed by atoms with Crippen LogP contribution in [0.2, 0.25) is 5.02 Å². The number of methoxy groups -OCH3 is 1. The number of halogens is 1. The number of anilines is 3. The smallest absolute Gasteiger partial charge is 0.274 e. The molecule has 2 N–H and O–H groups in total. The Morgan fingerprint density at radius 3 is 2.56 bits per heavy atom. The van der Waals surface area contributed by atoms with Crippen molar-refractivity contribution in [3.05, 3.63) is 70.5 Å². The number of para-hydroxylation sites is 2. The van der Waals surface area contributed by atoms with Crippen molar-refractivity contribution in [3.63, 3.8) is 0 Å². The maximum absolute atomic E-state index is 12.7. The molecule has 0 saturated carbocycles. The maximum atomic E-state index is 12.7. The van der Waals surface area contributed by atoms with E-state index in [9.17, 15) is 4.79 Å². The first-order valence-corrected chi connectivity index (χ1v) is 8.68. The highest BCUT2D eigenvalue weighted by Crippen LogP contribution is 2.26. The second kappa shape index (κ2) is 8.05. The van der Waals surface area contributed by atoms with Gasteiger partial charge in [-0.1, -0.05) is 29.8 Å². The molecule has 7 heteroatoms. The molecule has 1 amide bonds. The van der Waals surface area contributed by atoms with Gasteiger partial charge in [-0.3, -0.25) is 4.79 Å². The molecule has 0 fully saturated rings. The standard InChI is InChI=1S/C20H19ClN4O2/c1-12-11-17(19(26)23-15-9-6-7-14(21)13(15)2)25-20(22-12)24-16-8-4-5-10-18(16)27-3/h4-11H,1-3H3,(H,23,26)(H,22,24,25). The highest BCUT2D eigenvalue weighted by molar-refractivity contribution is 6.31. The van der Waals surface area contributed by atoms with E-state index in [1.54, 1.807) is 38.3 Å². The van der Waals surface area contributed by atoms with Crippen molar-refractivity contribution in [1.29, 1.82) is 0 Å². The van der Waals surface area contributed by atoms with Crippen LogP contribution in [-0.2, 0) is 0 Å². The zero-order valence-corrected chi connectivity index (χ0v) is 16.0. The summed E-state index contributed by atoms with van der Waals surface area (Å²) in [6.07, 6.45) is 0. The van der Waals surface area contributed by atoms with Crippen LogP contribution in [0.25, 0.3) is 0 Å². The van der Waals surface area contributed by atoms with Crippen molar-refractivity contribution >= 4 is 34.8 Å². The molecule has 3 aromatic rings. The van der Waals surface area contributed by atoms with E-state index < -0.39 is 0 Å². The van der Waals surface area contributed by atoms with Crippen LogP contribution in [0.5, 0.6) is 5.75 Å². The minimum atomic E-state index is -0.339. The van der Waals surface area contributed by atoms with Crippen LogP contribution in [0.4, 0.5) is 17.3 Å². The molecule has 0 atom stereocenters. The predicted octanol–water partition coefficient (Wildman–Crippen LogP) is 4.75. The number of benzene rings is 2. The summed E-state index contributed by atoms with van der Waals surface area (Å²) in [5, 5.41) is 6.53. The van der Waals surface area contributed by atoms with Crippen molar-refractivity contribution in [2.45, 2.75) is 13.8 Å². The first-order chi connectivity index (χ1) is 13.0. The number of nitrogens with one attached hydrogen (secondary N) is 2. The fraction of sp³-hybridized carbons (Fsp3) is 0.150. The van der Waals surface area contributed by atoms with Crippen molar-refractivity contribution in [2.75, 3.05) is 17.7 Å². The number of rotatable bonds is 5. The van der Waals surface area contributed by atoms with E-state index >= 15 is 0 Å². The van der Waals surface area contributed by atoms with Crippen LogP contribution in [0, 0.1) is 13.8 Å². The summed E-state index contributed by atoms with van der Waals surface area (Å²) in [5.41, 5.74) is 3.06. The van der Waals surface area contributed by atoms with Crippen LogP contribution >= 0.6 is 11.6 Å². The molecule has 3 rings (SSSR count). The summed E-state index contributed by atoms with van der Waals surface area (Å²) >= 11 is 6.11. The third kappa shape index (κ3) is 4.35. The van der Waals surface area contributed by atoms with Crippen LogP contribution in [0.1, 0.15) is 21.7 Å². The Labute approximate surface area is 162 Å². The summed E-state index contributed by atoms with van der Waals surface area (Å²) < 4.78 is 5.32. The van der Waals surface area contributed by atoms with E-state index in [0.29, 0.717) is 33.8 Å². The largest absolute Gasteiger partial charge is 0.495 e. The fourth-order valence-corrected chi connectivity index (χ4v) is 2.71. The Balaban J connectivity index is 1.86. The number of hydrogen-bond donors (Lipinski definition) is 2. The normalized spacial score (nSPS) is 10.4. The fourth-order valence-electron chi connectivity index (χ4n) is 2.54. The Hall–Kier alpha value is -3.12. The van der Waals surface area contributed by atoms with Gasteiger partial charge in [0, 0.05) is 16.4 Å². The molecule has 0 aliphatic heterocycles. The SMILES string of the molecule is COc1ccccc1Nc1nc(C)cc(C(=O)Nc2cccc(Cl)c2C)n1. The average molecular weight is 383 g/mol. The van der Waals surface area contributed by atoms with Gasteiger partial charge in [0.1, 0.15) is 11.4 Å². The van der Waals surface area contributed by atoms with E-state index in [1.165, 1.54) is 0 Å². The zero-order valence-electron chi connectivity index (χ0n) is 15.2. The van der Waals surface area contributed by atoms with Crippen LogP contribution in [0.15, 0.2) is 48.5 Å². The number of aromatic nitrogens is 2. The summed E-state index contributed by atoms with van der Waals surface area (Å²) in [5.74, 6) is 0.629. The number of aryl methyl sites for hydroxylation is 1. The van der Waals surface area contributed by atoms with Crippen molar-refractivity contribution in [3.8, 4) is 5.75 Å². The van der Waals surface area contributed by atoms with Crippen LogP contribution < -0.4 is 15.4 Å². The first kappa shape index (κ1) is 18.7. The molecule has 0 spiro atoms. The quantitative estimate of drug-likeness (QED) is 0.665. The zero-order chi connectivity index (χ0) is 19.4. The van der Waals surface area contributed by atoms with E-state index in [2.05, 4.69) is 20.6 Å². The molecule has 1 heterocycles. The Bertz CT molecular complexity index is 991. The number of ether oxygens (including phenoxy) is 1. The molecule has 2 aromatic carbocycles. The molecule has 138 valence electrons. The lowest BCUT2D eigenvalue weighted by Gasteiger charge is -2.12. The van der Waals surface area contributed by atoms with Crippen LogP contribution in [-0.4, -0.2) is 23.0 Å². The second-order valence-electron chi connectivity index (χ2n) is 5.91. The number of carbonyl (C=O) groups is 1. The molecule has 1 aromatic heterocycles. The van der Waals surface area contributed by atoms with Crippen molar-refractivity contribution in [2.24, 2.45) is 0 Å². The van der Waals surface area contributed by atoms with Gasteiger partial charge in [-0.05, 0) is 49.7 Å². The molecule has 0 aliphatic carbocycles. The molecule has 0 saturated heterocycles. The molecule has 0 aliphatic rings. The minimum absolute atomic E-state index is 0.249. The summed E-state index contributed by atoms with van der Waals surface area (Å²) in [7, 11) is 1.59. The first-order valence-electron chi connectivity index (χ1n) is 8.30. The molecular formula is C20H19ClN4O2. The molecule has 0 bridgehead atoms. The van der Waals surface area contributed by atoms with Crippen LogP contribution in [0.3, 0.4) is 0 Å². The third-order valence-electron chi connectivity index (χ3n) is 3.96. The van der Waals surface area contributed by atoms with Gasteiger partial charge in [0.05, 0.1) is 12.8 Å². The van der Waals surface area contributed by atoms with Gasteiger partial charge < -0.3 is 15.4 Å². The molecule has 27 heavy (non-hydrogen) atoms. The monoisotopic (exact) mass is 382 g/mol. The highest BCUT2D eigenvalue weighted by atomic mass is 35.5. The van der Waals surface area contributed by atoms with Gasteiger partial charge in [-0.15, -0.1) is 0 Å². The Morgan fingerprint density at radius 1 is 1.04 bits per heavy atom. The average Bonchev–Trinajstić information content (AvgIpc) is 2.65. The molecule has 0 radical (unpaired) electrons. The van der Waals surface area contributed by atoms with Gasteiger partial charge in [-0.25, -0.2) is 9.97 Å². The molecular weight excluding hydrogens is 364 g/mol. The topological polar surface area (TPSA) is 76.1 Å². The number of amides is 1. The third-order valence-corrected chi connectivity index (χ3v) is 4.37. The maximum Gasteiger partial charge on any atom is 0.274 e. The Kier molecular flexibility index (Phi) is 5.57.